The van der Waals surface area contributed by atoms with Gasteiger partial charge in [0.2, 0.25) is 0 Å². The first kappa shape index (κ1) is 8.10. The molecular weight excluding hydrogens is 183 g/mol. The zero-order chi connectivity index (χ0) is 9.42. The van der Waals surface area contributed by atoms with Crippen molar-refractivity contribution in [2.24, 2.45) is 0 Å². The van der Waals surface area contributed by atoms with Crippen LogP contribution < -0.4 is 0 Å². The first-order valence-electron chi connectivity index (χ1n) is 3.51. The fourth-order valence-corrected chi connectivity index (χ4v) is 1.03. The molecule has 0 saturated carbocycles. The third-order valence-electron chi connectivity index (χ3n) is 1.57. The monoisotopic (exact) mass is 187 g/mol. The van der Waals surface area contributed by atoms with E-state index in [1.807, 2.05) is 0 Å². The molecule has 1 aromatic heterocycles. The number of halogens is 3. The Bertz CT molecular complexity index is 438. The van der Waals surface area contributed by atoms with E-state index in [-0.39, 0.29) is 11.1 Å². The maximum absolute atomic E-state index is 12.9. The Morgan fingerprint density at radius 1 is 1.31 bits per heavy atom. The van der Waals surface area contributed by atoms with E-state index >= 15 is 0 Å². The van der Waals surface area contributed by atoms with Crippen molar-refractivity contribution in [1.82, 2.24) is 4.98 Å². The third kappa shape index (κ3) is 1.26. The third-order valence-corrected chi connectivity index (χ3v) is 1.57. The van der Waals surface area contributed by atoms with Crippen molar-refractivity contribution in [2.45, 2.75) is 6.43 Å². The minimum atomic E-state index is -2.81. The van der Waals surface area contributed by atoms with Gasteiger partial charge in [-0.2, -0.15) is 8.78 Å². The van der Waals surface area contributed by atoms with E-state index in [1.165, 1.54) is 12.1 Å². The molecule has 0 atom stereocenters. The number of fused-ring (bicyclic) bond motifs is 1. The molecule has 0 unspecified atom stereocenters. The smallest absolute Gasteiger partial charge is 0.313 e. The van der Waals surface area contributed by atoms with Crippen LogP contribution in [0.1, 0.15) is 12.3 Å². The van der Waals surface area contributed by atoms with Crippen molar-refractivity contribution in [3.63, 3.8) is 0 Å². The SMILES string of the molecule is Fc1cccc2oc(C(F)F)nc12. The van der Waals surface area contributed by atoms with Crippen LogP contribution in [-0.2, 0) is 0 Å². The molecular formula is C8H4F3NO. The molecule has 2 rings (SSSR count). The van der Waals surface area contributed by atoms with E-state index in [4.69, 9.17) is 0 Å². The van der Waals surface area contributed by atoms with Gasteiger partial charge in [-0.3, -0.25) is 0 Å². The topological polar surface area (TPSA) is 26.0 Å². The molecule has 1 heterocycles. The Morgan fingerprint density at radius 3 is 2.69 bits per heavy atom. The number of rotatable bonds is 1. The lowest BCUT2D eigenvalue weighted by Gasteiger charge is -1.86. The van der Waals surface area contributed by atoms with Gasteiger partial charge in [0.1, 0.15) is 5.52 Å². The van der Waals surface area contributed by atoms with Gasteiger partial charge in [0, 0.05) is 0 Å². The highest BCUT2D eigenvalue weighted by molar-refractivity contribution is 5.73. The predicted molar refractivity (Wildman–Crippen MR) is 38.9 cm³/mol. The maximum atomic E-state index is 12.9. The van der Waals surface area contributed by atoms with Crippen LogP contribution in [0.15, 0.2) is 22.6 Å². The fraction of sp³-hybridized carbons (Fsp3) is 0.125. The van der Waals surface area contributed by atoms with E-state index in [1.54, 1.807) is 0 Å². The first-order valence-corrected chi connectivity index (χ1v) is 3.51. The van der Waals surface area contributed by atoms with Gasteiger partial charge in [0.25, 0.3) is 5.89 Å². The van der Waals surface area contributed by atoms with Crippen molar-refractivity contribution in [3.05, 3.63) is 29.9 Å². The molecule has 0 amide bonds. The molecule has 0 aliphatic carbocycles. The minimum Gasteiger partial charge on any atom is -0.435 e. The molecule has 2 aromatic rings. The molecule has 0 spiro atoms. The number of alkyl halides is 2. The summed E-state index contributed by atoms with van der Waals surface area (Å²) in [6, 6.07) is 3.90. The molecule has 0 aliphatic rings. The minimum absolute atomic E-state index is 0.0373. The zero-order valence-electron chi connectivity index (χ0n) is 6.30. The summed E-state index contributed by atoms with van der Waals surface area (Å²) in [6.07, 6.45) is -2.81. The first-order chi connectivity index (χ1) is 6.18. The molecule has 0 fully saturated rings. The summed E-state index contributed by atoms with van der Waals surface area (Å²) < 4.78 is 41.6. The van der Waals surface area contributed by atoms with Gasteiger partial charge in [-0.25, -0.2) is 9.37 Å². The van der Waals surface area contributed by atoms with Gasteiger partial charge in [0.05, 0.1) is 0 Å². The van der Waals surface area contributed by atoms with Gasteiger partial charge in [0.15, 0.2) is 11.4 Å². The van der Waals surface area contributed by atoms with Crippen molar-refractivity contribution in [3.8, 4) is 0 Å². The van der Waals surface area contributed by atoms with Crippen LogP contribution in [0, 0.1) is 5.82 Å². The van der Waals surface area contributed by atoms with Crippen LogP contribution in [0.4, 0.5) is 13.2 Å². The van der Waals surface area contributed by atoms with E-state index in [9.17, 15) is 13.2 Å². The lowest BCUT2D eigenvalue weighted by molar-refractivity contribution is 0.117. The van der Waals surface area contributed by atoms with E-state index in [0.717, 1.165) is 6.07 Å². The Hall–Kier alpha value is -1.52. The molecule has 0 N–H and O–H groups in total. The number of nitrogens with zero attached hydrogens (tertiary/aromatic N) is 1. The zero-order valence-corrected chi connectivity index (χ0v) is 6.30. The van der Waals surface area contributed by atoms with Gasteiger partial charge < -0.3 is 4.42 Å². The van der Waals surface area contributed by atoms with Gasteiger partial charge in [-0.1, -0.05) is 6.07 Å². The summed E-state index contributed by atoms with van der Waals surface area (Å²) in [7, 11) is 0. The summed E-state index contributed by atoms with van der Waals surface area (Å²) >= 11 is 0. The highest BCUT2D eigenvalue weighted by Crippen LogP contribution is 2.24. The summed E-state index contributed by atoms with van der Waals surface area (Å²) in [5.74, 6) is -1.41. The number of hydrogen-bond donors (Lipinski definition) is 0. The van der Waals surface area contributed by atoms with Crippen LogP contribution >= 0.6 is 0 Å². The van der Waals surface area contributed by atoms with Crippen LogP contribution in [-0.4, -0.2) is 4.98 Å². The number of para-hydroxylation sites is 1. The summed E-state index contributed by atoms with van der Waals surface area (Å²) in [6.45, 7) is 0. The average molecular weight is 187 g/mol. The molecule has 0 aliphatic heterocycles. The second kappa shape index (κ2) is 2.76. The van der Waals surface area contributed by atoms with Crippen LogP contribution in [0.25, 0.3) is 11.1 Å². The molecule has 13 heavy (non-hydrogen) atoms. The van der Waals surface area contributed by atoms with Crippen LogP contribution in [0.2, 0.25) is 0 Å². The largest absolute Gasteiger partial charge is 0.435 e. The average Bonchev–Trinajstić information content (AvgIpc) is 2.49. The lowest BCUT2D eigenvalue weighted by Crippen LogP contribution is -1.82. The van der Waals surface area contributed by atoms with E-state index in [2.05, 4.69) is 9.40 Å². The second-order valence-corrected chi connectivity index (χ2v) is 2.44. The van der Waals surface area contributed by atoms with Gasteiger partial charge >= 0.3 is 6.43 Å². The quantitative estimate of drug-likeness (QED) is 0.685. The van der Waals surface area contributed by atoms with E-state index in [0.29, 0.717) is 0 Å². The lowest BCUT2D eigenvalue weighted by atomic mass is 10.3. The van der Waals surface area contributed by atoms with Crippen molar-refractivity contribution in [2.75, 3.05) is 0 Å². The highest BCUT2D eigenvalue weighted by atomic mass is 19.3. The number of aromatic nitrogens is 1. The number of oxazole rings is 1. The summed E-state index contributed by atoms with van der Waals surface area (Å²) in [5, 5.41) is 0. The fourth-order valence-electron chi connectivity index (χ4n) is 1.03. The molecule has 5 heteroatoms. The van der Waals surface area contributed by atoms with Crippen LogP contribution in [0.5, 0.6) is 0 Å². The summed E-state index contributed by atoms with van der Waals surface area (Å²) in [4.78, 5) is 3.32. The molecule has 0 saturated heterocycles. The summed E-state index contributed by atoms with van der Waals surface area (Å²) in [5.41, 5.74) is -0.117. The Labute approximate surface area is 71.0 Å². The molecule has 0 bridgehead atoms. The normalized spacial score (nSPS) is 11.4. The van der Waals surface area contributed by atoms with E-state index < -0.39 is 18.1 Å². The molecule has 0 radical (unpaired) electrons. The van der Waals surface area contributed by atoms with Crippen molar-refractivity contribution in [1.29, 1.82) is 0 Å². The van der Waals surface area contributed by atoms with Gasteiger partial charge in [-0.05, 0) is 12.1 Å². The molecule has 1 aromatic carbocycles. The number of hydrogen-bond acceptors (Lipinski definition) is 2. The number of benzene rings is 1. The van der Waals surface area contributed by atoms with Crippen LogP contribution in [0.3, 0.4) is 0 Å². The second-order valence-electron chi connectivity index (χ2n) is 2.44. The predicted octanol–water partition coefficient (Wildman–Crippen LogP) is 2.90. The van der Waals surface area contributed by atoms with Gasteiger partial charge in [-0.15, -0.1) is 0 Å². The Balaban J connectivity index is 2.68. The highest BCUT2D eigenvalue weighted by Gasteiger charge is 2.16. The van der Waals surface area contributed by atoms with Crippen molar-refractivity contribution >= 4 is 11.1 Å². The van der Waals surface area contributed by atoms with Crippen molar-refractivity contribution < 1.29 is 17.6 Å². The standard InChI is InChI=1S/C8H4F3NO/c9-4-2-1-3-5-6(4)12-8(13-5)7(10)11/h1-3,7H. The maximum Gasteiger partial charge on any atom is 0.313 e. The molecule has 2 nitrogen and oxygen atoms in total. The Kier molecular flexibility index (Phi) is 1.72. The molecule has 68 valence electrons. The Morgan fingerprint density at radius 2 is 2.08 bits per heavy atom.